The number of carbonyl (C=O) groups is 1. The lowest BCUT2D eigenvalue weighted by Gasteiger charge is -2.07. The van der Waals surface area contributed by atoms with Crippen LogP contribution in [0.15, 0.2) is 60.0 Å². The number of nitrogens with one attached hydrogen (secondary N) is 1. The number of rotatable bonds is 5. The summed E-state index contributed by atoms with van der Waals surface area (Å²) in [4.78, 5) is 16.6. The van der Waals surface area contributed by atoms with Gasteiger partial charge in [0.05, 0.1) is 12.1 Å². The molecule has 0 atom stereocenters. The van der Waals surface area contributed by atoms with Crippen molar-refractivity contribution in [1.82, 2.24) is 10.3 Å². The van der Waals surface area contributed by atoms with Gasteiger partial charge in [-0.05, 0) is 18.1 Å². The van der Waals surface area contributed by atoms with Crippen molar-refractivity contribution in [3.8, 4) is 10.6 Å². The first-order chi connectivity index (χ1) is 11.2. The molecule has 1 amide bonds. The van der Waals surface area contributed by atoms with Crippen molar-refractivity contribution in [2.75, 3.05) is 0 Å². The lowest BCUT2D eigenvalue weighted by Crippen LogP contribution is -2.25. The first-order valence-corrected chi connectivity index (χ1v) is 8.41. The molecule has 2 aromatic carbocycles. The van der Waals surface area contributed by atoms with E-state index in [1.54, 1.807) is 11.3 Å². The maximum atomic E-state index is 12.1. The molecule has 0 radical (unpaired) electrons. The topological polar surface area (TPSA) is 42.0 Å². The van der Waals surface area contributed by atoms with E-state index in [2.05, 4.69) is 10.3 Å². The van der Waals surface area contributed by atoms with Gasteiger partial charge in [-0.25, -0.2) is 4.98 Å². The summed E-state index contributed by atoms with van der Waals surface area (Å²) in [7, 11) is 0. The summed E-state index contributed by atoms with van der Waals surface area (Å²) in [5.74, 6) is -0.00170. The van der Waals surface area contributed by atoms with Crippen LogP contribution in [-0.4, -0.2) is 10.9 Å². The lowest BCUT2D eigenvalue weighted by atomic mass is 10.1. The third-order valence-electron chi connectivity index (χ3n) is 3.65. The van der Waals surface area contributed by atoms with Crippen molar-refractivity contribution in [2.45, 2.75) is 19.9 Å². The second-order valence-corrected chi connectivity index (χ2v) is 6.25. The molecule has 1 N–H and O–H groups in total. The molecule has 3 rings (SSSR count). The SMILES string of the molecule is Cc1ccccc1CNC(=O)Cc1csc(-c2ccccc2)n1. The standard InChI is InChI=1S/C19H18N2OS/c1-14-7-5-6-10-16(14)12-20-18(22)11-17-13-23-19(21-17)15-8-3-2-4-9-15/h2-10,13H,11-12H2,1H3,(H,20,22). The molecule has 0 bridgehead atoms. The van der Waals surface area contributed by atoms with Crippen LogP contribution < -0.4 is 5.32 Å². The number of thiazole rings is 1. The van der Waals surface area contributed by atoms with Crippen LogP contribution in [0.5, 0.6) is 0 Å². The number of amides is 1. The monoisotopic (exact) mass is 322 g/mol. The number of nitrogens with zero attached hydrogens (tertiary/aromatic N) is 1. The third kappa shape index (κ3) is 4.05. The Bertz CT molecular complexity index is 796. The Morgan fingerprint density at radius 1 is 1.09 bits per heavy atom. The average molecular weight is 322 g/mol. The Labute approximate surface area is 140 Å². The minimum absolute atomic E-state index is 0.00170. The number of carbonyl (C=O) groups excluding carboxylic acids is 1. The number of hydrogen-bond donors (Lipinski definition) is 1. The molecule has 0 unspecified atom stereocenters. The van der Waals surface area contributed by atoms with E-state index in [1.807, 2.05) is 66.9 Å². The second-order valence-electron chi connectivity index (χ2n) is 5.39. The molecule has 23 heavy (non-hydrogen) atoms. The Hall–Kier alpha value is -2.46. The van der Waals surface area contributed by atoms with E-state index >= 15 is 0 Å². The van der Waals surface area contributed by atoms with Gasteiger partial charge in [0.2, 0.25) is 5.91 Å². The van der Waals surface area contributed by atoms with Crippen LogP contribution in [0.2, 0.25) is 0 Å². The fraction of sp³-hybridized carbons (Fsp3) is 0.158. The van der Waals surface area contributed by atoms with Crippen molar-refractivity contribution >= 4 is 17.2 Å². The smallest absolute Gasteiger partial charge is 0.226 e. The molecule has 0 fully saturated rings. The van der Waals surface area contributed by atoms with Crippen molar-refractivity contribution in [3.63, 3.8) is 0 Å². The summed E-state index contributed by atoms with van der Waals surface area (Å²) < 4.78 is 0. The minimum Gasteiger partial charge on any atom is -0.352 e. The lowest BCUT2D eigenvalue weighted by molar-refractivity contribution is -0.120. The fourth-order valence-corrected chi connectivity index (χ4v) is 3.16. The first-order valence-electron chi connectivity index (χ1n) is 7.53. The molecule has 0 saturated carbocycles. The Morgan fingerprint density at radius 3 is 2.61 bits per heavy atom. The minimum atomic E-state index is -0.00170. The van der Waals surface area contributed by atoms with E-state index in [-0.39, 0.29) is 5.91 Å². The van der Waals surface area contributed by atoms with Crippen LogP contribution in [0.3, 0.4) is 0 Å². The van der Waals surface area contributed by atoms with Gasteiger partial charge in [-0.15, -0.1) is 11.3 Å². The number of aryl methyl sites for hydroxylation is 1. The van der Waals surface area contributed by atoms with Crippen LogP contribution >= 0.6 is 11.3 Å². The second kappa shape index (κ2) is 7.20. The summed E-state index contributed by atoms with van der Waals surface area (Å²) in [5, 5.41) is 5.87. The van der Waals surface area contributed by atoms with Gasteiger partial charge >= 0.3 is 0 Å². The Kier molecular flexibility index (Phi) is 4.83. The van der Waals surface area contributed by atoms with Gasteiger partial charge in [-0.1, -0.05) is 54.6 Å². The Morgan fingerprint density at radius 2 is 1.83 bits per heavy atom. The summed E-state index contributed by atoms with van der Waals surface area (Å²) in [6, 6.07) is 18.1. The van der Waals surface area contributed by atoms with E-state index in [0.29, 0.717) is 13.0 Å². The quantitative estimate of drug-likeness (QED) is 0.772. The molecule has 3 aromatic rings. The molecule has 0 spiro atoms. The fourth-order valence-electron chi connectivity index (χ4n) is 2.33. The maximum absolute atomic E-state index is 12.1. The first kappa shape index (κ1) is 15.4. The predicted molar refractivity (Wildman–Crippen MR) is 94.3 cm³/mol. The number of hydrogen-bond acceptors (Lipinski definition) is 3. The molecule has 4 heteroatoms. The summed E-state index contributed by atoms with van der Waals surface area (Å²) in [6.07, 6.45) is 0.315. The van der Waals surface area contributed by atoms with E-state index in [0.717, 1.165) is 21.8 Å². The van der Waals surface area contributed by atoms with Crippen molar-refractivity contribution in [1.29, 1.82) is 0 Å². The largest absolute Gasteiger partial charge is 0.352 e. The van der Waals surface area contributed by atoms with Crippen molar-refractivity contribution in [3.05, 3.63) is 76.8 Å². The predicted octanol–water partition coefficient (Wildman–Crippen LogP) is 3.98. The zero-order chi connectivity index (χ0) is 16.1. The van der Waals surface area contributed by atoms with Crippen molar-refractivity contribution in [2.24, 2.45) is 0 Å². The third-order valence-corrected chi connectivity index (χ3v) is 4.59. The molecule has 3 nitrogen and oxygen atoms in total. The zero-order valence-corrected chi connectivity index (χ0v) is 13.8. The van der Waals surface area contributed by atoms with Gasteiger partial charge in [-0.2, -0.15) is 0 Å². The van der Waals surface area contributed by atoms with Gasteiger partial charge in [0.1, 0.15) is 5.01 Å². The number of aromatic nitrogens is 1. The van der Waals surface area contributed by atoms with Gasteiger partial charge in [-0.3, -0.25) is 4.79 Å². The molecule has 116 valence electrons. The normalized spacial score (nSPS) is 10.5. The molecular weight excluding hydrogens is 304 g/mol. The van der Waals surface area contributed by atoms with Crippen LogP contribution in [0.1, 0.15) is 16.8 Å². The zero-order valence-electron chi connectivity index (χ0n) is 13.0. The van der Waals surface area contributed by atoms with Gasteiger partial charge in [0.15, 0.2) is 0 Å². The molecule has 0 aliphatic rings. The van der Waals surface area contributed by atoms with Crippen LogP contribution in [0.25, 0.3) is 10.6 Å². The highest BCUT2D eigenvalue weighted by Gasteiger charge is 2.09. The molecule has 0 saturated heterocycles. The van der Waals surface area contributed by atoms with Crippen LogP contribution in [-0.2, 0) is 17.8 Å². The summed E-state index contributed by atoms with van der Waals surface area (Å²) in [6.45, 7) is 2.61. The summed E-state index contributed by atoms with van der Waals surface area (Å²) >= 11 is 1.57. The van der Waals surface area contributed by atoms with Crippen LogP contribution in [0, 0.1) is 6.92 Å². The van der Waals surface area contributed by atoms with Crippen molar-refractivity contribution < 1.29 is 4.79 Å². The Balaban J connectivity index is 1.58. The molecule has 0 aliphatic heterocycles. The highest BCUT2D eigenvalue weighted by Crippen LogP contribution is 2.23. The molecule has 1 heterocycles. The summed E-state index contributed by atoms with van der Waals surface area (Å²) in [5.41, 5.74) is 4.23. The highest BCUT2D eigenvalue weighted by atomic mass is 32.1. The van der Waals surface area contributed by atoms with E-state index in [1.165, 1.54) is 5.56 Å². The maximum Gasteiger partial charge on any atom is 0.226 e. The van der Waals surface area contributed by atoms with E-state index < -0.39 is 0 Å². The number of benzene rings is 2. The van der Waals surface area contributed by atoms with Gasteiger partial charge in [0, 0.05) is 17.5 Å². The highest BCUT2D eigenvalue weighted by molar-refractivity contribution is 7.13. The molecular formula is C19H18N2OS. The van der Waals surface area contributed by atoms with Crippen LogP contribution in [0.4, 0.5) is 0 Å². The van der Waals surface area contributed by atoms with Gasteiger partial charge in [0.25, 0.3) is 0 Å². The van der Waals surface area contributed by atoms with E-state index in [9.17, 15) is 4.79 Å². The van der Waals surface area contributed by atoms with E-state index in [4.69, 9.17) is 0 Å². The molecule has 0 aliphatic carbocycles. The average Bonchev–Trinajstić information content (AvgIpc) is 3.03. The van der Waals surface area contributed by atoms with Gasteiger partial charge < -0.3 is 5.32 Å². The molecule has 1 aromatic heterocycles.